The lowest BCUT2D eigenvalue weighted by Crippen LogP contribution is -2.52. The second-order valence-electron chi connectivity index (χ2n) is 7.88. The second kappa shape index (κ2) is 8.86. The van der Waals surface area contributed by atoms with Crippen LogP contribution in [0.5, 0.6) is 11.5 Å². The van der Waals surface area contributed by atoms with E-state index in [0.717, 1.165) is 34.2 Å². The third-order valence-corrected chi connectivity index (χ3v) is 7.02. The number of hydrogen-bond donors (Lipinski definition) is 0. The van der Waals surface area contributed by atoms with Gasteiger partial charge in [0.25, 0.3) is 0 Å². The van der Waals surface area contributed by atoms with Crippen molar-refractivity contribution >= 4 is 15.9 Å². The molecule has 1 saturated heterocycles. The Morgan fingerprint density at radius 1 is 1.03 bits per heavy atom. The average Bonchev–Trinajstić information content (AvgIpc) is 3.22. The molecule has 0 bridgehead atoms. The van der Waals surface area contributed by atoms with Crippen LogP contribution in [-0.4, -0.2) is 74.7 Å². The van der Waals surface area contributed by atoms with E-state index in [9.17, 15) is 13.2 Å². The standard InChI is InChI=1S/C22H27N3O5S/c1-23(31(2,27)28)21(18-6-4-3-5-7-18)22(26)25-12-10-24(11-13-25)15-17-8-9-19-20(14-17)30-16-29-19/h3-9,14,21H,10-13,15-16H2,1-2H3/t21-/m0/s1. The molecule has 4 rings (SSSR count). The van der Waals surface area contributed by atoms with Gasteiger partial charge in [0.1, 0.15) is 6.04 Å². The molecule has 2 aliphatic rings. The van der Waals surface area contributed by atoms with Crippen LogP contribution in [0.3, 0.4) is 0 Å². The lowest BCUT2D eigenvalue weighted by atomic mass is 10.1. The maximum absolute atomic E-state index is 13.4. The average molecular weight is 446 g/mol. The van der Waals surface area contributed by atoms with Crippen molar-refractivity contribution < 1.29 is 22.7 Å². The predicted molar refractivity (Wildman–Crippen MR) is 116 cm³/mol. The number of fused-ring (bicyclic) bond motifs is 1. The number of carbonyl (C=O) groups is 1. The normalized spacial score (nSPS) is 17.7. The maximum Gasteiger partial charge on any atom is 0.245 e. The fourth-order valence-corrected chi connectivity index (χ4v) is 4.53. The molecule has 8 nitrogen and oxygen atoms in total. The van der Waals surface area contributed by atoms with Gasteiger partial charge >= 0.3 is 0 Å². The van der Waals surface area contributed by atoms with Gasteiger partial charge in [0.05, 0.1) is 6.26 Å². The van der Waals surface area contributed by atoms with Gasteiger partial charge in [0.15, 0.2) is 11.5 Å². The van der Waals surface area contributed by atoms with Crippen molar-refractivity contribution in [3.8, 4) is 11.5 Å². The summed E-state index contributed by atoms with van der Waals surface area (Å²) in [4.78, 5) is 17.4. The van der Waals surface area contributed by atoms with Crippen LogP contribution in [0.4, 0.5) is 0 Å². The molecule has 2 aromatic rings. The van der Waals surface area contributed by atoms with Crippen LogP contribution < -0.4 is 9.47 Å². The molecule has 0 radical (unpaired) electrons. The lowest BCUT2D eigenvalue weighted by Gasteiger charge is -2.38. The molecule has 1 fully saturated rings. The molecule has 9 heteroatoms. The van der Waals surface area contributed by atoms with Crippen molar-refractivity contribution in [1.29, 1.82) is 0 Å². The Morgan fingerprint density at radius 2 is 1.71 bits per heavy atom. The highest BCUT2D eigenvalue weighted by Gasteiger charge is 2.35. The highest BCUT2D eigenvalue weighted by molar-refractivity contribution is 7.88. The number of sulfonamides is 1. The van der Waals surface area contributed by atoms with Gasteiger partial charge in [-0.1, -0.05) is 36.4 Å². The molecular formula is C22H27N3O5S. The number of hydrogen-bond acceptors (Lipinski definition) is 6. The van der Waals surface area contributed by atoms with Gasteiger partial charge in [0.2, 0.25) is 22.7 Å². The third-order valence-electron chi connectivity index (χ3n) is 5.76. The second-order valence-corrected chi connectivity index (χ2v) is 9.92. The van der Waals surface area contributed by atoms with E-state index in [-0.39, 0.29) is 12.7 Å². The lowest BCUT2D eigenvalue weighted by molar-refractivity contribution is -0.137. The van der Waals surface area contributed by atoms with Gasteiger partial charge in [-0.05, 0) is 23.3 Å². The minimum absolute atomic E-state index is 0.193. The monoisotopic (exact) mass is 445 g/mol. The van der Waals surface area contributed by atoms with Crippen molar-refractivity contribution in [2.24, 2.45) is 0 Å². The number of likely N-dealkylation sites (N-methyl/N-ethyl adjacent to an activating group) is 1. The summed E-state index contributed by atoms with van der Waals surface area (Å²) in [6.45, 7) is 3.53. The van der Waals surface area contributed by atoms with Gasteiger partial charge in [-0.15, -0.1) is 0 Å². The number of nitrogens with zero attached hydrogens (tertiary/aromatic N) is 3. The molecule has 31 heavy (non-hydrogen) atoms. The van der Waals surface area contributed by atoms with E-state index in [0.29, 0.717) is 31.7 Å². The maximum atomic E-state index is 13.4. The van der Waals surface area contributed by atoms with Gasteiger partial charge < -0.3 is 14.4 Å². The van der Waals surface area contributed by atoms with E-state index in [1.165, 1.54) is 7.05 Å². The summed E-state index contributed by atoms with van der Waals surface area (Å²) >= 11 is 0. The summed E-state index contributed by atoms with van der Waals surface area (Å²) in [7, 11) is -2.08. The van der Waals surface area contributed by atoms with E-state index in [2.05, 4.69) is 4.90 Å². The highest BCUT2D eigenvalue weighted by Crippen LogP contribution is 2.33. The zero-order valence-corrected chi connectivity index (χ0v) is 18.5. The molecule has 166 valence electrons. The summed E-state index contributed by atoms with van der Waals surface area (Å²) < 4.78 is 36.4. The van der Waals surface area contributed by atoms with Crippen molar-refractivity contribution in [1.82, 2.24) is 14.1 Å². The van der Waals surface area contributed by atoms with Gasteiger partial charge in [-0.2, -0.15) is 4.31 Å². The number of carbonyl (C=O) groups excluding carboxylic acids is 1. The summed E-state index contributed by atoms with van der Waals surface area (Å²) in [6.07, 6.45) is 1.12. The van der Waals surface area contributed by atoms with E-state index in [4.69, 9.17) is 9.47 Å². The molecule has 1 atom stereocenters. The molecule has 2 heterocycles. The highest BCUT2D eigenvalue weighted by atomic mass is 32.2. The van der Waals surface area contributed by atoms with Gasteiger partial charge in [-0.3, -0.25) is 9.69 Å². The Bertz CT molecular complexity index is 1040. The Kier molecular flexibility index (Phi) is 6.17. The predicted octanol–water partition coefficient (Wildman–Crippen LogP) is 1.69. The summed E-state index contributed by atoms with van der Waals surface area (Å²) in [5.74, 6) is 1.34. The summed E-state index contributed by atoms with van der Waals surface area (Å²) in [5, 5.41) is 0. The zero-order chi connectivity index (χ0) is 22.0. The van der Waals surface area contributed by atoms with E-state index in [1.807, 2.05) is 36.4 Å². The largest absolute Gasteiger partial charge is 0.454 e. The van der Waals surface area contributed by atoms with Crippen molar-refractivity contribution in [3.05, 3.63) is 59.7 Å². The van der Waals surface area contributed by atoms with Crippen LogP contribution in [0.25, 0.3) is 0 Å². The smallest absolute Gasteiger partial charge is 0.245 e. The van der Waals surface area contributed by atoms with Gasteiger partial charge in [-0.25, -0.2) is 8.42 Å². The first-order valence-electron chi connectivity index (χ1n) is 10.2. The first kappa shape index (κ1) is 21.6. The first-order valence-corrected chi connectivity index (χ1v) is 12.1. The fourth-order valence-electron chi connectivity index (χ4n) is 3.93. The number of benzene rings is 2. The van der Waals surface area contributed by atoms with Crippen LogP contribution in [0.15, 0.2) is 48.5 Å². The third kappa shape index (κ3) is 4.84. The van der Waals surface area contributed by atoms with E-state index >= 15 is 0 Å². The number of rotatable bonds is 6. The molecule has 2 aromatic carbocycles. The Labute approximate surface area is 183 Å². The quantitative estimate of drug-likeness (QED) is 0.673. The molecular weight excluding hydrogens is 418 g/mol. The Morgan fingerprint density at radius 3 is 2.39 bits per heavy atom. The fraction of sp³-hybridized carbons (Fsp3) is 0.409. The molecule has 0 saturated carbocycles. The molecule has 1 amide bonds. The summed E-state index contributed by atoms with van der Waals surface area (Å²) in [6, 6.07) is 14.1. The SMILES string of the molecule is CN([C@H](C(=O)N1CCN(Cc2ccc3c(c2)OCO3)CC1)c1ccccc1)S(C)(=O)=O. The molecule has 0 aliphatic carbocycles. The van der Waals surface area contributed by atoms with Crippen LogP contribution >= 0.6 is 0 Å². The Balaban J connectivity index is 1.42. The minimum Gasteiger partial charge on any atom is -0.454 e. The molecule has 2 aliphatic heterocycles. The Hall–Kier alpha value is -2.62. The van der Waals surface area contributed by atoms with Crippen LogP contribution in [0.2, 0.25) is 0 Å². The molecule has 0 N–H and O–H groups in total. The topological polar surface area (TPSA) is 79.4 Å². The number of piperazine rings is 1. The molecule has 0 aromatic heterocycles. The van der Waals surface area contributed by atoms with E-state index in [1.54, 1.807) is 17.0 Å². The molecule has 0 unspecified atom stereocenters. The number of ether oxygens (including phenoxy) is 2. The summed E-state index contributed by atoms with van der Waals surface area (Å²) in [5.41, 5.74) is 1.80. The minimum atomic E-state index is -3.54. The first-order chi connectivity index (χ1) is 14.8. The number of amides is 1. The van der Waals surface area contributed by atoms with Crippen LogP contribution in [-0.2, 0) is 21.4 Å². The van der Waals surface area contributed by atoms with Crippen molar-refractivity contribution in [2.75, 3.05) is 46.3 Å². The van der Waals surface area contributed by atoms with Crippen LogP contribution in [0, 0.1) is 0 Å². The van der Waals surface area contributed by atoms with Crippen molar-refractivity contribution in [3.63, 3.8) is 0 Å². The van der Waals surface area contributed by atoms with Crippen molar-refractivity contribution in [2.45, 2.75) is 12.6 Å². The van der Waals surface area contributed by atoms with Crippen LogP contribution in [0.1, 0.15) is 17.2 Å². The van der Waals surface area contributed by atoms with Gasteiger partial charge in [0, 0.05) is 39.8 Å². The molecule has 0 spiro atoms. The zero-order valence-electron chi connectivity index (χ0n) is 17.7. The van der Waals surface area contributed by atoms with E-state index < -0.39 is 16.1 Å².